The van der Waals surface area contributed by atoms with Crippen molar-refractivity contribution in [1.82, 2.24) is 4.90 Å². The van der Waals surface area contributed by atoms with Gasteiger partial charge < -0.3 is 15.2 Å². The fourth-order valence-electron chi connectivity index (χ4n) is 3.32. The summed E-state index contributed by atoms with van der Waals surface area (Å²) in [5, 5.41) is 0. The van der Waals surface area contributed by atoms with Crippen LogP contribution in [0.4, 0.5) is 0 Å². The second-order valence-electron chi connectivity index (χ2n) is 6.03. The summed E-state index contributed by atoms with van der Waals surface area (Å²) in [7, 11) is 3.36. The normalized spacial score (nSPS) is 22.0. The van der Waals surface area contributed by atoms with Crippen molar-refractivity contribution < 1.29 is 9.47 Å². The van der Waals surface area contributed by atoms with Crippen molar-refractivity contribution in [2.75, 3.05) is 27.3 Å². The molecule has 0 amide bonds. The lowest BCUT2D eigenvalue weighted by molar-refractivity contribution is 0.0988. The number of nitrogens with two attached hydrogens (primary N) is 1. The molecule has 1 aromatic rings. The second kappa shape index (κ2) is 8.61. The molecule has 1 aliphatic heterocycles. The number of aryl methyl sites for hydroxylation is 1. The van der Waals surface area contributed by atoms with Crippen molar-refractivity contribution in [2.45, 2.75) is 39.3 Å². The van der Waals surface area contributed by atoms with E-state index in [1.54, 1.807) is 14.2 Å². The van der Waals surface area contributed by atoms with E-state index in [1.165, 1.54) is 24.0 Å². The highest BCUT2D eigenvalue weighted by Crippen LogP contribution is 2.32. The Hall–Kier alpha value is -0.970. The summed E-state index contributed by atoms with van der Waals surface area (Å²) in [5.74, 6) is 2.26. The number of halogens is 1. The zero-order valence-corrected chi connectivity index (χ0v) is 14.9. The minimum atomic E-state index is 0. The summed E-state index contributed by atoms with van der Waals surface area (Å²) in [5.41, 5.74) is 8.52. The molecular formula is C17H29ClN2O2. The molecule has 2 unspecified atom stereocenters. The van der Waals surface area contributed by atoms with Crippen LogP contribution in [0.5, 0.6) is 11.5 Å². The van der Waals surface area contributed by atoms with Crippen LogP contribution >= 0.6 is 12.4 Å². The minimum absolute atomic E-state index is 0. The molecule has 0 aromatic heterocycles. The van der Waals surface area contributed by atoms with Crippen LogP contribution in [0.3, 0.4) is 0 Å². The Labute approximate surface area is 140 Å². The van der Waals surface area contributed by atoms with E-state index in [4.69, 9.17) is 15.2 Å². The van der Waals surface area contributed by atoms with Gasteiger partial charge in [-0.25, -0.2) is 0 Å². The van der Waals surface area contributed by atoms with Gasteiger partial charge in [-0.15, -0.1) is 12.4 Å². The first kappa shape index (κ1) is 19.1. The van der Waals surface area contributed by atoms with E-state index < -0.39 is 0 Å². The third-order valence-corrected chi connectivity index (χ3v) is 4.69. The predicted octanol–water partition coefficient (Wildman–Crippen LogP) is 2.99. The van der Waals surface area contributed by atoms with Gasteiger partial charge in [0, 0.05) is 19.1 Å². The van der Waals surface area contributed by atoms with Crippen molar-refractivity contribution in [3.05, 3.63) is 23.3 Å². The van der Waals surface area contributed by atoms with Crippen LogP contribution in [-0.2, 0) is 6.54 Å². The van der Waals surface area contributed by atoms with Crippen molar-refractivity contribution in [3.63, 3.8) is 0 Å². The van der Waals surface area contributed by atoms with Crippen molar-refractivity contribution >= 4 is 12.4 Å². The van der Waals surface area contributed by atoms with Gasteiger partial charge in [-0.1, -0.05) is 6.92 Å². The van der Waals surface area contributed by atoms with E-state index in [9.17, 15) is 0 Å². The highest BCUT2D eigenvalue weighted by Gasteiger charge is 2.27. The minimum Gasteiger partial charge on any atom is -0.493 e. The largest absolute Gasteiger partial charge is 0.493 e. The van der Waals surface area contributed by atoms with E-state index >= 15 is 0 Å². The Kier molecular flexibility index (Phi) is 7.46. The molecule has 1 saturated heterocycles. The molecule has 0 spiro atoms. The number of likely N-dealkylation sites (tertiary alicyclic amines) is 1. The lowest BCUT2D eigenvalue weighted by Gasteiger charge is -2.39. The first-order valence-corrected chi connectivity index (χ1v) is 7.76. The molecule has 2 rings (SSSR count). The molecule has 5 heteroatoms. The smallest absolute Gasteiger partial charge is 0.161 e. The zero-order valence-electron chi connectivity index (χ0n) is 14.1. The fourth-order valence-corrected chi connectivity index (χ4v) is 3.32. The summed E-state index contributed by atoms with van der Waals surface area (Å²) in [6.07, 6.45) is 2.54. The van der Waals surface area contributed by atoms with E-state index in [-0.39, 0.29) is 12.4 Å². The molecule has 1 heterocycles. The molecule has 126 valence electrons. The monoisotopic (exact) mass is 328 g/mol. The fraction of sp³-hybridized carbons (Fsp3) is 0.647. The topological polar surface area (TPSA) is 47.7 Å². The summed E-state index contributed by atoms with van der Waals surface area (Å²) < 4.78 is 10.8. The van der Waals surface area contributed by atoms with Gasteiger partial charge in [-0.2, -0.15) is 0 Å². The third-order valence-electron chi connectivity index (χ3n) is 4.69. The average molecular weight is 329 g/mol. The first-order valence-electron chi connectivity index (χ1n) is 7.76. The van der Waals surface area contributed by atoms with Gasteiger partial charge in [-0.3, -0.25) is 4.90 Å². The Morgan fingerprint density at radius 3 is 2.45 bits per heavy atom. The Balaban J connectivity index is 0.00000242. The number of methoxy groups -OCH3 is 2. The van der Waals surface area contributed by atoms with Gasteiger partial charge in [0.2, 0.25) is 0 Å². The molecule has 0 bridgehead atoms. The quantitative estimate of drug-likeness (QED) is 0.902. The van der Waals surface area contributed by atoms with Crippen LogP contribution in [0.2, 0.25) is 0 Å². The summed E-state index contributed by atoms with van der Waals surface area (Å²) in [6.45, 7) is 7.22. The first-order chi connectivity index (χ1) is 10.1. The van der Waals surface area contributed by atoms with Crippen molar-refractivity contribution in [2.24, 2.45) is 11.7 Å². The molecule has 4 nitrogen and oxygen atoms in total. The van der Waals surface area contributed by atoms with Gasteiger partial charge in [-0.05, 0) is 55.5 Å². The molecule has 1 fully saturated rings. The number of piperidine rings is 1. The van der Waals surface area contributed by atoms with Crippen LogP contribution in [0.1, 0.15) is 30.9 Å². The van der Waals surface area contributed by atoms with Crippen LogP contribution in [-0.4, -0.2) is 38.3 Å². The van der Waals surface area contributed by atoms with E-state index in [0.717, 1.165) is 31.1 Å². The van der Waals surface area contributed by atoms with E-state index in [1.807, 2.05) is 0 Å². The van der Waals surface area contributed by atoms with Crippen LogP contribution < -0.4 is 15.2 Å². The van der Waals surface area contributed by atoms with Crippen LogP contribution in [0, 0.1) is 12.8 Å². The Bertz CT molecular complexity index is 482. The predicted molar refractivity (Wildman–Crippen MR) is 93.2 cm³/mol. The summed E-state index contributed by atoms with van der Waals surface area (Å²) in [6, 6.07) is 4.63. The Morgan fingerprint density at radius 1 is 1.23 bits per heavy atom. The van der Waals surface area contributed by atoms with E-state index in [0.29, 0.717) is 12.0 Å². The third kappa shape index (κ3) is 4.06. The maximum absolute atomic E-state index is 5.99. The number of rotatable bonds is 5. The molecule has 0 aliphatic carbocycles. The summed E-state index contributed by atoms with van der Waals surface area (Å²) in [4.78, 5) is 2.52. The van der Waals surface area contributed by atoms with Crippen LogP contribution in [0.25, 0.3) is 0 Å². The van der Waals surface area contributed by atoms with Gasteiger partial charge in [0.05, 0.1) is 14.2 Å². The molecule has 1 aliphatic rings. The molecular weight excluding hydrogens is 300 g/mol. The highest BCUT2D eigenvalue weighted by molar-refractivity contribution is 5.85. The second-order valence-corrected chi connectivity index (χ2v) is 6.03. The zero-order chi connectivity index (χ0) is 15.4. The summed E-state index contributed by atoms with van der Waals surface area (Å²) >= 11 is 0. The highest BCUT2D eigenvalue weighted by atomic mass is 35.5. The molecule has 0 saturated carbocycles. The number of benzene rings is 1. The maximum atomic E-state index is 5.99. The number of hydrogen-bond donors (Lipinski definition) is 1. The number of ether oxygens (including phenoxy) is 2. The molecule has 1 aromatic carbocycles. The van der Waals surface area contributed by atoms with Crippen molar-refractivity contribution in [3.8, 4) is 11.5 Å². The molecule has 2 N–H and O–H groups in total. The van der Waals surface area contributed by atoms with Crippen molar-refractivity contribution in [1.29, 1.82) is 0 Å². The SMILES string of the molecule is COc1cc(C)c(CN2CCCC(C)C2CN)cc1OC.Cl. The molecule has 0 radical (unpaired) electrons. The number of hydrogen-bond acceptors (Lipinski definition) is 4. The lowest BCUT2D eigenvalue weighted by atomic mass is 9.90. The molecule has 2 atom stereocenters. The lowest BCUT2D eigenvalue weighted by Crippen LogP contribution is -2.48. The molecule has 22 heavy (non-hydrogen) atoms. The van der Waals surface area contributed by atoms with Crippen LogP contribution in [0.15, 0.2) is 12.1 Å². The average Bonchev–Trinajstić information content (AvgIpc) is 2.49. The standard InChI is InChI=1S/C17H28N2O2.ClH/c1-12-6-5-7-19(15(12)10-18)11-14-9-17(21-4)16(20-3)8-13(14)2;/h8-9,12,15H,5-7,10-11,18H2,1-4H3;1H. The van der Waals surface area contributed by atoms with Gasteiger partial charge in [0.15, 0.2) is 11.5 Å². The number of nitrogens with zero attached hydrogens (tertiary/aromatic N) is 1. The Morgan fingerprint density at radius 2 is 1.86 bits per heavy atom. The van der Waals surface area contributed by atoms with Gasteiger partial charge in [0.25, 0.3) is 0 Å². The maximum Gasteiger partial charge on any atom is 0.161 e. The van der Waals surface area contributed by atoms with Gasteiger partial charge in [0.1, 0.15) is 0 Å². The van der Waals surface area contributed by atoms with Gasteiger partial charge >= 0.3 is 0 Å². The van der Waals surface area contributed by atoms with E-state index in [2.05, 4.69) is 30.9 Å².